The van der Waals surface area contributed by atoms with Crippen LogP contribution in [0.3, 0.4) is 0 Å². The lowest BCUT2D eigenvalue weighted by Gasteiger charge is -2.15. The summed E-state index contributed by atoms with van der Waals surface area (Å²) in [6.07, 6.45) is 8.74. The van der Waals surface area contributed by atoms with Crippen molar-refractivity contribution in [3.8, 4) is 0 Å². The first-order valence-electron chi connectivity index (χ1n) is 5.66. The first-order chi connectivity index (χ1) is 7.70. The maximum absolute atomic E-state index is 10.9. The van der Waals surface area contributed by atoms with Crippen molar-refractivity contribution in [1.29, 1.82) is 0 Å². The van der Waals surface area contributed by atoms with Gasteiger partial charge < -0.3 is 5.11 Å². The molecular formula is C11H15IN2O2. The van der Waals surface area contributed by atoms with Crippen LogP contribution >= 0.6 is 22.6 Å². The van der Waals surface area contributed by atoms with Crippen molar-refractivity contribution in [3.05, 3.63) is 15.5 Å². The summed E-state index contributed by atoms with van der Waals surface area (Å²) in [5.74, 6) is -0.885. The molecule has 0 aliphatic heterocycles. The average Bonchev–Trinajstić information content (AvgIpc) is 2.50. The second-order valence-electron chi connectivity index (χ2n) is 4.24. The van der Waals surface area contributed by atoms with Gasteiger partial charge in [0.1, 0.15) is 9.26 Å². The molecule has 1 aromatic rings. The standard InChI is InChI=1S/C11H15IN2O2/c12-10-9(11(15)16)7-13-14(10)8-5-3-1-2-4-6-8/h7-8H,1-6H2,(H,15,16). The molecule has 88 valence electrons. The normalized spacial score (nSPS) is 18.3. The summed E-state index contributed by atoms with van der Waals surface area (Å²) < 4.78 is 2.66. The quantitative estimate of drug-likeness (QED) is 0.668. The molecule has 1 fully saturated rings. The molecule has 1 aromatic heterocycles. The van der Waals surface area contributed by atoms with E-state index >= 15 is 0 Å². The van der Waals surface area contributed by atoms with E-state index in [1.807, 2.05) is 4.68 Å². The van der Waals surface area contributed by atoms with Crippen molar-refractivity contribution in [2.24, 2.45) is 0 Å². The van der Waals surface area contributed by atoms with E-state index < -0.39 is 5.97 Å². The highest BCUT2D eigenvalue weighted by Crippen LogP contribution is 2.29. The lowest BCUT2D eigenvalue weighted by Crippen LogP contribution is -2.12. The summed E-state index contributed by atoms with van der Waals surface area (Å²) >= 11 is 2.09. The average molecular weight is 334 g/mol. The van der Waals surface area contributed by atoms with Crippen LogP contribution < -0.4 is 0 Å². The number of hydrogen-bond acceptors (Lipinski definition) is 2. The fourth-order valence-corrected chi connectivity index (χ4v) is 3.14. The summed E-state index contributed by atoms with van der Waals surface area (Å²) in [6.45, 7) is 0. The molecule has 5 heteroatoms. The van der Waals surface area contributed by atoms with Crippen molar-refractivity contribution < 1.29 is 9.90 Å². The highest BCUT2D eigenvalue weighted by Gasteiger charge is 2.21. The molecule has 0 unspecified atom stereocenters. The van der Waals surface area contributed by atoms with E-state index in [2.05, 4.69) is 27.7 Å². The van der Waals surface area contributed by atoms with Gasteiger partial charge in [-0.05, 0) is 35.4 Å². The van der Waals surface area contributed by atoms with E-state index in [0.717, 1.165) is 16.5 Å². The zero-order valence-corrected chi connectivity index (χ0v) is 11.2. The predicted octanol–water partition coefficient (Wildman–Crippen LogP) is 3.08. The Bertz CT molecular complexity index is 381. The van der Waals surface area contributed by atoms with Crippen LogP contribution in [0.5, 0.6) is 0 Å². The molecule has 1 aliphatic carbocycles. The molecular weight excluding hydrogens is 319 g/mol. The van der Waals surface area contributed by atoms with Gasteiger partial charge >= 0.3 is 5.97 Å². The fourth-order valence-electron chi connectivity index (χ4n) is 2.25. The summed E-state index contributed by atoms with van der Waals surface area (Å²) in [6, 6.07) is 0.391. The molecule has 1 aliphatic rings. The number of halogens is 1. The Balaban J connectivity index is 2.22. The van der Waals surface area contributed by atoms with Crippen LogP contribution in [0.4, 0.5) is 0 Å². The molecule has 2 rings (SSSR count). The van der Waals surface area contributed by atoms with E-state index in [1.165, 1.54) is 31.9 Å². The topological polar surface area (TPSA) is 55.1 Å². The Morgan fingerprint density at radius 1 is 1.38 bits per heavy atom. The molecule has 0 spiro atoms. The Morgan fingerprint density at radius 3 is 2.50 bits per heavy atom. The number of hydrogen-bond donors (Lipinski definition) is 1. The minimum atomic E-state index is -0.885. The number of nitrogens with zero attached hydrogens (tertiary/aromatic N) is 2. The lowest BCUT2D eigenvalue weighted by molar-refractivity contribution is 0.0695. The summed E-state index contributed by atoms with van der Waals surface area (Å²) in [7, 11) is 0. The van der Waals surface area contributed by atoms with Crippen LogP contribution in [-0.4, -0.2) is 20.9 Å². The molecule has 4 nitrogen and oxygen atoms in total. The van der Waals surface area contributed by atoms with E-state index in [-0.39, 0.29) is 0 Å². The number of aromatic carboxylic acids is 1. The minimum Gasteiger partial charge on any atom is -0.478 e. The third-order valence-corrected chi connectivity index (χ3v) is 4.21. The second-order valence-corrected chi connectivity index (χ2v) is 5.27. The number of carboxylic acid groups (broad SMARTS) is 1. The maximum Gasteiger partial charge on any atom is 0.340 e. The van der Waals surface area contributed by atoms with E-state index in [4.69, 9.17) is 5.11 Å². The van der Waals surface area contributed by atoms with Gasteiger partial charge in [-0.2, -0.15) is 5.10 Å². The summed E-state index contributed by atoms with van der Waals surface area (Å²) in [5, 5.41) is 13.2. The molecule has 0 atom stereocenters. The third kappa shape index (κ3) is 2.39. The van der Waals surface area contributed by atoms with Crippen molar-refractivity contribution in [2.45, 2.75) is 44.6 Å². The molecule has 0 radical (unpaired) electrons. The van der Waals surface area contributed by atoms with Gasteiger partial charge in [-0.1, -0.05) is 25.7 Å². The first kappa shape index (κ1) is 11.9. The molecule has 16 heavy (non-hydrogen) atoms. The van der Waals surface area contributed by atoms with Gasteiger partial charge in [0.2, 0.25) is 0 Å². The Morgan fingerprint density at radius 2 is 2.00 bits per heavy atom. The third-order valence-electron chi connectivity index (χ3n) is 3.14. The lowest BCUT2D eigenvalue weighted by atomic mass is 10.1. The summed E-state index contributed by atoms with van der Waals surface area (Å²) in [5.41, 5.74) is 0.324. The molecule has 0 bridgehead atoms. The minimum absolute atomic E-state index is 0.324. The monoisotopic (exact) mass is 334 g/mol. The smallest absolute Gasteiger partial charge is 0.340 e. The van der Waals surface area contributed by atoms with E-state index in [9.17, 15) is 4.79 Å². The van der Waals surface area contributed by atoms with Gasteiger partial charge in [0.25, 0.3) is 0 Å². The van der Waals surface area contributed by atoms with Crippen LogP contribution in [0.25, 0.3) is 0 Å². The van der Waals surface area contributed by atoms with Crippen molar-refractivity contribution >= 4 is 28.6 Å². The number of aromatic nitrogens is 2. The highest BCUT2D eigenvalue weighted by molar-refractivity contribution is 14.1. The van der Waals surface area contributed by atoms with Crippen LogP contribution in [0.2, 0.25) is 0 Å². The van der Waals surface area contributed by atoms with Gasteiger partial charge in [-0.15, -0.1) is 0 Å². The zero-order chi connectivity index (χ0) is 11.5. The Labute approximate surface area is 108 Å². The van der Waals surface area contributed by atoms with Crippen LogP contribution in [0.15, 0.2) is 6.20 Å². The van der Waals surface area contributed by atoms with Gasteiger partial charge in [0, 0.05) is 0 Å². The molecule has 0 amide bonds. The number of carbonyl (C=O) groups is 1. The molecule has 0 aromatic carbocycles. The second kappa shape index (κ2) is 5.16. The van der Waals surface area contributed by atoms with E-state index in [0.29, 0.717) is 11.6 Å². The highest BCUT2D eigenvalue weighted by atomic mass is 127. The molecule has 1 saturated carbocycles. The van der Waals surface area contributed by atoms with Gasteiger partial charge in [-0.25, -0.2) is 4.79 Å². The molecule has 1 N–H and O–H groups in total. The van der Waals surface area contributed by atoms with Crippen LogP contribution in [0.1, 0.15) is 54.9 Å². The molecule has 0 saturated heterocycles. The Hall–Kier alpha value is -0.590. The van der Waals surface area contributed by atoms with E-state index in [1.54, 1.807) is 0 Å². The fraction of sp³-hybridized carbons (Fsp3) is 0.636. The first-order valence-corrected chi connectivity index (χ1v) is 6.74. The van der Waals surface area contributed by atoms with Crippen molar-refractivity contribution in [3.63, 3.8) is 0 Å². The SMILES string of the molecule is O=C(O)c1cnn(C2CCCCCC2)c1I. The van der Waals surface area contributed by atoms with Crippen LogP contribution in [-0.2, 0) is 0 Å². The predicted molar refractivity (Wildman–Crippen MR) is 68.6 cm³/mol. The zero-order valence-electron chi connectivity index (χ0n) is 9.03. The largest absolute Gasteiger partial charge is 0.478 e. The number of rotatable bonds is 2. The van der Waals surface area contributed by atoms with Gasteiger partial charge in [0.15, 0.2) is 0 Å². The van der Waals surface area contributed by atoms with Gasteiger partial charge in [-0.3, -0.25) is 4.68 Å². The van der Waals surface area contributed by atoms with Crippen LogP contribution in [0, 0.1) is 3.70 Å². The number of carboxylic acids is 1. The Kier molecular flexibility index (Phi) is 3.83. The van der Waals surface area contributed by atoms with Crippen molar-refractivity contribution in [1.82, 2.24) is 9.78 Å². The summed E-state index contributed by atoms with van der Waals surface area (Å²) in [4.78, 5) is 10.9. The van der Waals surface area contributed by atoms with Gasteiger partial charge in [0.05, 0.1) is 12.2 Å². The maximum atomic E-state index is 10.9. The molecule has 1 heterocycles. The van der Waals surface area contributed by atoms with Crippen molar-refractivity contribution in [2.75, 3.05) is 0 Å².